The fraction of sp³-hybridized carbons (Fsp3) is 0.167. The van der Waals surface area contributed by atoms with Crippen LogP contribution in [0.4, 0.5) is 13.2 Å². The van der Waals surface area contributed by atoms with Crippen molar-refractivity contribution < 1.29 is 22.3 Å². The van der Waals surface area contributed by atoms with Gasteiger partial charge in [-0.15, -0.1) is 13.2 Å². The summed E-state index contributed by atoms with van der Waals surface area (Å²) in [7, 11) is 0. The Balaban J connectivity index is 1.62. The van der Waals surface area contributed by atoms with Gasteiger partial charge in [-0.25, -0.2) is 4.98 Å². The number of para-hydroxylation sites is 1. The molecule has 3 rings (SSSR count). The lowest BCUT2D eigenvalue weighted by Crippen LogP contribution is -2.20. The van der Waals surface area contributed by atoms with Gasteiger partial charge < -0.3 is 14.5 Å². The number of nitrogens with one attached hydrogen (secondary N) is 1. The Morgan fingerprint density at radius 3 is 2.54 bits per heavy atom. The second-order valence-electron chi connectivity index (χ2n) is 5.38. The summed E-state index contributed by atoms with van der Waals surface area (Å²) in [5.74, 6) is 0.247. The Morgan fingerprint density at radius 1 is 1.04 bits per heavy atom. The van der Waals surface area contributed by atoms with Crippen molar-refractivity contribution in [2.45, 2.75) is 19.5 Å². The number of aromatic nitrogens is 1. The van der Waals surface area contributed by atoms with Crippen molar-refractivity contribution in [2.24, 2.45) is 0 Å². The fourth-order valence-corrected chi connectivity index (χ4v) is 2.80. The third-order valence-electron chi connectivity index (χ3n) is 3.48. The van der Waals surface area contributed by atoms with Gasteiger partial charge in [-0.2, -0.15) is 0 Å². The molecule has 4 nitrogen and oxygen atoms in total. The van der Waals surface area contributed by atoms with Gasteiger partial charge >= 0.3 is 6.36 Å². The first kappa shape index (κ1) is 18.5. The number of ether oxygens (including phenoxy) is 1. The molecule has 3 aromatic rings. The highest BCUT2D eigenvalue weighted by Crippen LogP contribution is 2.28. The van der Waals surface area contributed by atoms with E-state index in [2.05, 4.69) is 31.0 Å². The van der Waals surface area contributed by atoms with Crippen LogP contribution in [0.2, 0.25) is 0 Å². The maximum Gasteiger partial charge on any atom is 0.573 e. The quantitative estimate of drug-likeness (QED) is 0.581. The summed E-state index contributed by atoms with van der Waals surface area (Å²) < 4.78 is 47.7. The molecule has 1 heterocycles. The van der Waals surface area contributed by atoms with E-state index in [1.54, 1.807) is 12.1 Å². The average molecular weight is 427 g/mol. The predicted molar refractivity (Wildman–Crippen MR) is 93.3 cm³/mol. The van der Waals surface area contributed by atoms with Crippen LogP contribution in [0.15, 0.2) is 63.7 Å². The van der Waals surface area contributed by atoms with Crippen molar-refractivity contribution in [2.75, 3.05) is 0 Å². The Morgan fingerprint density at radius 2 is 1.77 bits per heavy atom. The molecule has 1 N–H and O–H groups in total. The maximum absolute atomic E-state index is 12.4. The lowest BCUT2D eigenvalue weighted by atomic mass is 10.2. The van der Waals surface area contributed by atoms with Crippen LogP contribution < -0.4 is 10.1 Å². The highest BCUT2D eigenvalue weighted by atomic mass is 79.9. The molecule has 0 saturated heterocycles. The van der Waals surface area contributed by atoms with Crippen molar-refractivity contribution in [3.05, 3.63) is 70.5 Å². The first-order valence-corrected chi connectivity index (χ1v) is 8.45. The molecule has 0 aliphatic rings. The zero-order chi connectivity index (χ0) is 18.6. The molecular formula is C18H14BrF3N2O2. The largest absolute Gasteiger partial charge is 0.573 e. The van der Waals surface area contributed by atoms with Crippen LogP contribution in [0.3, 0.4) is 0 Å². The Hall–Kier alpha value is -2.32. The number of oxazole rings is 1. The van der Waals surface area contributed by atoms with Crippen molar-refractivity contribution in [1.29, 1.82) is 0 Å². The molecule has 0 bridgehead atoms. The summed E-state index contributed by atoms with van der Waals surface area (Å²) in [5.41, 5.74) is 1.87. The number of halogens is 4. The molecule has 8 heteroatoms. The number of hydrogen-bond acceptors (Lipinski definition) is 4. The Bertz CT molecular complexity index is 881. The first-order chi connectivity index (χ1) is 12.4. The normalized spacial score (nSPS) is 11.5. The zero-order valence-corrected chi connectivity index (χ0v) is 15.0. The van der Waals surface area contributed by atoms with Crippen LogP contribution in [0.5, 0.6) is 5.75 Å². The molecule has 1 aromatic heterocycles. The number of rotatable bonds is 6. The summed E-state index contributed by atoms with van der Waals surface area (Å²) in [6, 6.07) is 13.5. The van der Waals surface area contributed by atoms with Gasteiger partial charge in [0.1, 0.15) is 12.0 Å². The van der Waals surface area contributed by atoms with Crippen LogP contribution in [0.1, 0.15) is 11.3 Å². The third kappa shape index (κ3) is 4.86. The number of nitrogens with zero attached hydrogens (tertiary/aromatic N) is 1. The lowest BCUT2D eigenvalue weighted by molar-refractivity contribution is -0.274. The third-order valence-corrected chi connectivity index (χ3v) is 4.17. The van der Waals surface area contributed by atoms with Crippen LogP contribution in [0.25, 0.3) is 11.5 Å². The van der Waals surface area contributed by atoms with Gasteiger partial charge in [-0.3, -0.25) is 0 Å². The van der Waals surface area contributed by atoms with Gasteiger partial charge in [0.2, 0.25) is 5.89 Å². The predicted octanol–water partition coefficient (Wildman–Crippen LogP) is 5.29. The summed E-state index contributed by atoms with van der Waals surface area (Å²) in [6.45, 7) is 0.539. The molecule has 0 spiro atoms. The van der Waals surface area contributed by atoms with E-state index in [0.29, 0.717) is 23.7 Å². The van der Waals surface area contributed by atoms with Gasteiger partial charge in [-0.1, -0.05) is 30.3 Å². The molecule has 0 saturated carbocycles. The minimum Gasteiger partial charge on any atom is -0.444 e. The average Bonchev–Trinajstić information content (AvgIpc) is 3.04. The van der Waals surface area contributed by atoms with E-state index in [9.17, 15) is 13.2 Å². The molecule has 0 aliphatic heterocycles. The Labute approximate surface area is 156 Å². The molecule has 0 aliphatic carbocycles. The van der Waals surface area contributed by atoms with Gasteiger partial charge in [0, 0.05) is 23.1 Å². The molecule has 0 amide bonds. The van der Waals surface area contributed by atoms with E-state index in [0.717, 1.165) is 10.0 Å². The fourth-order valence-electron chi connectivity index (χ4n) is 2.35. The van der Waals surface area contributed by atoms with Crippen LogP contribution in [0, 0.1) is 0 Å². The van der Waals surface area contributed by atoms with Gasteiger partial charge in [0.15, 0.2) is 0 Å². The van der Waals surface area contributed by atoms with Crippen molar-refractivity contribution in [1.82, 2.24) is 10.3 Å². The highest BCUT2D eigenvalue weighted by Gasteiger charge is 2.31. The van der Waals surface area contributed by atoms with Crippen molar-refractivity contribution in [3.63, 3.8) is 0 Å². The standard InChI is InChI=1S/C18H14BrF3N2O2/c19-15-7-3-2-6-14(15)17-24-13(11-25-17)10-23-9-12-5-1-4-8-16(12)26-18(20,21)22/h1-8,11,23H,9-10H2. The smallest absolute Gasteiger partial charge is 0.444 e. The summed E-state index contributed by atoms with van der Waals surface area (Å²) in [6.07, 6.45) is -3.21. The van der Waals surface area contributed by atoms with Crippen molar-refractivity contribution >= 4 is 15.9 Å². The van der Waals surface area contributed by atoms with E-state index >= 15 is 0 Å². The van der Waals surface area contributed by atoms with Crippen LogP contribution >= 0.6 is 15.9 Å². The molecule has 2 aromatic carbocycles. The van der Waals surface area contributed by atoms with E-state index in [1.165, 1.54) is 18.4 Å². The Kier molecular flexibility index (Phi) is 5.63. The second-order valence-corrected chi connectivity index (χ2v) is 6.24. The number of benzene rings is 2. The van der Waals surface area contributed by atoms with Crippen molar-refractivity contribution in [3.8, 4) is 17.2 Å². The molecule has 0 radical (unpaired) electrons. The minimum absolute atomic E-state index is 0.198. The SMILES string of the molecule is FC(F)(F)Oc1ccccc1CNCc1coc(-c2ccccc2Br)n1. The molecular weight excluding hydrogens is 413 g/mol. The molecule has 26 heavy (non-hydrogen) atoms. The van der Waals surface area contributed by atoms with Gasteiger partial charge in [0.25, 0.3) is 0 Å². The lowest BCUT2D eigenvalue weighted by Gasteiger charge is -2.13. The van der Waals surface area contributed by atoms with Crippen LogP contribution in [-0.2, 0) is 13.1 Å². The monoisotopic (exact) mass is 426 g/mol. The first-order valence-electron chi connectivity index (χ1n) is 7.66. The molecule has 0 fully saturated rings. The minimum atomic E-state index is -4.72. The maximum atomic E-state index is 12.4. The van der Waals surface area contributed by atoms with E-state index < -0.39 is 6.36 Å². The van der Waals surface area contributed by atoms with Crippen LogP contribution in [-0.4, -0.2) is 11.3 Å². The van der Waals surface area contributed by atoms with E-state index in [1.807, 2.05) is 24.3 Å². The molecule has 0 unspecified atom stereocenters. The number of alkyl halides is 3. The second kappa shape index (κ2) is 7.92. The van der Waals surface area contributed by atoms with E-state index in [4.69, 9.17) is 4.42 Å². The van der Waals surface area contributed by atoms with Gasteiger partial charge in [0.05, 0.1) is 11.3 Å². The molecule has 136 valence electrons. The highest BCUT2D eigenvalue weighted by molar-refractivity contribution is 9.10. The zero-order valence-electron chi connectivity index (χ0n) is 13.4. The summed E-state index contributed by atoms with van der Waals surface area (Å²) >= 11 is 3.44. The summed E-state index contributed by atoms with van der Waals surface area (Å²) in [5, 5.41) is 3.04. The topological polar surface area (TPSA) is 47.3 Å². The number of hydrogen-bond donors (Lipinski definition) is 1. The van der Waals surface area contributed by atoms with Gasteiger partial charge in [-0.05, 0) is 34.1 Å². The molecule has 0 atom stereocenters. The van der Waals surface area contributed by atoms with E-state index in [-0.39, 0.29) is 12.3 Å². The summed E-state index contributed by atoms with van der Waals surface area (Å²) in [4.78, 5) is 4.38.